The van der Waals surface area contributed by atoms with Gasteiger partial charge in [0.2, 0.25) is 0 Å². The highest BCUT2D eigenvalue weighted by Crippen LogP contribution is 2.18. The topological polar surface area (TPSA) is 83.5 Å². The standard InChI is InChI=1S/C15H14INO4S/c16-14(15(18)19)10-11-6-8-12(9-7-11)17-22(20,21)13-4-2-1-3-5-13/h1-9,14,17H,10H2,(H,18,19)/t14-/m1/s1. The summed E-state index contributed by atoms with van der Waals surface area (Å²) in [5.41, 5.74) is 1.28. The van der Waals surface area contributed by atoms with Gasteiger partial charge in [-0.25, -0.2) is 8.42 Å². The van der Waals surface area contributed by atoms with E-state index in [-0.39, 0.29) is 4.90 Å². The zero-order chi connectivity index (χ0) is 16.2. The fourth-order valence-corrected chi connectivity index (χ4v) is 3.41. The molecule has 0 saturated carbocycles. The molecule has 2 rings (SSSR count). The Morgan fingerprint density at radius 1 is 1.09 bits per heavy atom. The summed E-state index contributed by atoms with van der Waals surface area (Å²) in [6.45, 7) is 0. The third-order valence-corrected chi connectivity index (χ3v) is 5.31. The summed E-state index contributed by atoms with van der Waals surface area (Å²) in [4.78, 5) is 11.0. The van der Waals surface area contributed by atoms with E-state index in [1.165, 1.54) is 12.1 Å². The van der Waals surface area contributed by atoms with Crippen molar-refractivity contribution in [2.24, 2.45) is 0 Å². The number of carbonyl (C=O) groups is 1. The summed E-state index contributed by atoms with van der Waals surface area (Å²) in [7, 11) is -3.61. The Labute approximate surface area is 142 Å². The summed E-state index contributed by atoms with van der Waals surface area (Å²) in [6, 6.07) is 14.8. The van der Waals surface area contributed by atoms with Crippen molar-refractivity contribution in [1.82, 2.24) is 0 Å². The van der Waals surface area contributed by atoms with E-state index >= 15 is 0 Å². The molecule has 0 aliphatic heterocycles. The van der Waals surface area contributed by atoms with Crippen molar-refractivity contribution in [1.29, 1.82) is 0 Å². The molecule has 0 aromatic heterocycles. The predicted molar refractivity (Wildman–Crippen MR) is 92.8 cm³/mol. The lowest BCUT2D eigenvalue weighted by molar-refractivity contribution is -0.135. The Morgan fingerprint density at radius 3 is 2.23 bits per heavy atom. The van der Waals surface area contributed by atoms with Gasteiger partial charge in [-0.2, -0.15) is 0 Å². The second-order valence-corrected chi connectivity index (χ2v) is 7.81. The van der Waals surface area contributed by atoms with Crippen LogP contribution in [0.5, 0.6) is 0 Å². The van der Waals surface area contributed by atoms with Gasteiger partial charge in [0.05, 0.1) is 4.90 Å². The van der Waals surface area contributed by atoms with Crippen molar-refractivity contribution < 1.29 is 18.3 Å². The van der Waals surface area contributed by atoms with E-state index in [0.717, 1.165) is 5.56 Å². The average molecular weight is 431 g/mol. The molecular weight excluding hydrogens is 417 g/mol. The smallest absolute Gasteiger partial charge is 0.316 e. The molecule has 0 aliphatic carbocycles. The fourth-order valence-electron chi connectivity index (χ4n) is 1.82. The molecule has 2 aromatic rings. The van der Waals surface area contributed by atoms with Crippen molar-refractivity contribution in [3.63, 3.8) is 0 Å². The minimum Gasteiger partial charge on any atom is -0.480 e. The minimum atomic E-state index is -3.61. The number of carboxylic acid groups (broad SMARTS) is 1. The van der Waals surface area contributed by atoms with Crippen LogP contribution in [0.1, 0.15) is 5.56 Å². The maximum Gasteiger partial charge on any atom is 0.316 e. The molecule has 0 spiro atoms. The van der Waals surface area contributed by atoms with E-state index in [9.17, 15) is 13.2 Å². The van der Waals surface area contributed by atoms with E-state index in [0.29, 0.717) is 12.1 Å². The van der Waals surface area contributed by atoms with Crippen LogP contribution in [-0.4, -0.2) is 23.4 Å². The Hall–Kier alpha value is -1.61. The normalized spacial score (nSPS) is 12.6. The third-order valence-electron chi connectivity index (χ3n) is 2.94. The molecule has 0 saturated heterocycles. The molecule has 7 heteroatoms. The molecule has 0 fully saturated rings. The highest BCUT2D eigenvalue weighted by atomic mass is 127. The van der Waals surface area contributed by atoms with Crippen LogP contribution in [0.2, 0.25) is 0 Å². The zero-order valence-electron chi connectivity index (χ0n) is 11.4. The van der Waals surface area contributed by atoms with Gasteiger partial charge in [-0.15, -0.1) is 0 Å². The maximum absolute atomic E-state index is 12.2. The lowest BCUT2D eigenvalue weighted by Crippen LogP contribution is -2.15. The van der Waals surface area contributed by atoms with Crippen LogP contribution in [0, 0.1) is 0 Å². The zero-order valence-corrected chi connectivity index (χ0v) is 14.4. The van der Waals surface area contributed by atoms with Gasteiger partial charge in [-0.05, 0) is 36.2 Å². The summed E-state index contributed by atoms with van der Waals surface area (Å²) in [5.74, 6) is -0.866. The summed E-state index contributed by atoms with van der Waals surface area (Å²) in [5, 5.41) is 8.88. The highest BCUT2D eigenvalue weighted by Gasteiger charge is 2.15. The van der Waals surface area contributed by atoms with E-state index in [2.05, 4.69) is 4.72 Å². The van der Waals surface area contributed by atoms with Gasteiger partial charge < -0.3 is 5.11 Å². The number of nitrogens with one attached hydrogen (secondary N) is 1. The Bertz CT molecular complexity index is 745. The van der Waals surface area contributed by atoms with Crippen molar-refractivity contribution >= 4 is 44.3 Å². The number of benzene rings is 2. The number of rotatable bonds is 6. The van der Waals surface area contributed by atoms with Gasteiger partial charge in [-0.1, -0.05) is 52.9 Å². The van der Waals surface area contributed by atoms with Gasteiger partial charge in [0.25, 0.3) is 10.0 Å². The molecule has 116 valence electrons. The van der Waals surface area contributed by atoms with E-state index in [1.54, 1.807) is 42.5 Å². The van der Waals surface area contributed by atoms with Crippen molar-refractivity contribution in [2.45, 2.75) is 15.2 Å². The van der Waals surface area contributed by atoms with Crippen molar-refractivity contribution in [2.75, 3.05) is 4.72 Å². The molecule has 0 amide bonds. The number of halogens is 1. The molecule has 2 N–H and O–H groups in total. The lowest BCUT2D eigenvalue weighted by atomic mass is 10.1. The van der Waals surface area contributed by atoms with Crippen LogP contribution in [0.3, 0.4) is 0 Å². The van der Waals surface area contributed by atoms with Crippen LogP contribution in [0.25, 0.3) is 0 Å². The molecular formula is C15H14INO4S. The Balaban J connectivity index is 2.10. The fraction of sp³-hybridized carbons (Fsp3) is 0.133. The van der Waals surface area contributed by atoms with Crippen LogP contribution in [0.15, 0.2) is 59.5 Å². The number of aliphatic carboxylic acids is 1. The second-order valence-electron chi connectivity index (χ2n) is 4.63. The molecule has 0 aliphatic rings. The van der Waals surface area contributed by atoms with Crippen LogP contribution in [-0.2, 0) is 21.2 Å². The molecule has 0 radical (unpaired) electrons. The molecule has 2 aromatic carbocycles. The average Bonchev–Trinajstić information content (AvgIpc) is 2.50. The predicted octanol–water partition coefficient (Wildman–Crippen LogP) is 2.92. The number of hydrogen-bond acceptors (Lipinski definition) is 3. The van der Waals surface area contributed by atoms with Crippen LogP contribution in [0.4, 0.5) is 5.69 Å². The number of anilines is 1. The summed E-state index contributed by atoms with van der Waals surface area (Å²) in [6.07, 6.45) is 0.390. The molecule has 0 heterocycles. The van der Waals surface area contributed by atoms with Gasteiger partial charge in [0, 0.05) is 5.69 Å². The monoisotopic (exact) mass is 431 g/mol. The van der Waals surface area contributed by atoms with Gasteiger partial charge in [-0.3, -0.25) is 9.52 Å². The third kappa shape index (κ3) is 4.44. The van der Waals surface area contributed by atoms with Crippen LogP contribution < -0.4 is 4.72 Å². The van der Waals surface area contributed by atoms with Gasteiger partial charge >= 0.3 is 5.97 Å². The molecule has 0 unspecified atom stereocenters. The molecule has 5 nitrogen and oxygen atoms in total. The summed E-state index contributed by atoms with van der Waals surface area (Å²) < 4.78 is 26.3. The SMILES string of the molecule is O=C(O)[C@H](I)Cc1ccc(NS(=O)(=O)c2ccccc2)cc1. The van der Waals surface area contributed by atoms with E-state index < -0.39 is 19.9 Å². The quantitative estimate of drug-likeness (QED) is 0.545. The minimum absolute atomic E-state index is 0.192. The number of carboxylic acids is 1. The largest absolute Gasteiger partial charge is 0.480 e. The molecule has 22 heavy (non-hydrogen) atoms. The first kappa shape index (κ1) is 16.8. The van der Waals surface area contributed by atoms with Crippen LogP contribution >= 0.6 is 22.6 Å². The van der Waals surface area contributed by atoms with E-state index in [4.69, 9.17) is 5.11 Å². The molecule has 1 atom stereocenters. The first-order valence-corrected chi connectivity index (χ1v) is 9.15. The van der Waals surface area contributed by atoms with Crippen molar-refractivity contribution in [3.05, 3.63) is 60.2 Å². The second kappa shape index (κ2) is 7.10. The van der Waals surface area contributed by atoms with Gasteiger partial charge in [0.15, 0.2) is 0 Å². The highest BCUT2D eigenvalue weighted by molar-refractivity contribution is 14.1. The first-order chi connectivity index (χ1) is 10.4. The maximum atomic E-state index is 12.2. The molecule has 0 bridgehead atoms. The first-order valence-electron chi connectivity index (χ1n) is 6.42. The van der Waals surface area contributed by atoms with E-state index in [1.807, 2.05) is 22.6 Å². The Kier molecular flexibility index (Phi) is 5.41. The number of sulfonamides is 1. The lowest BCUT2D eigenvalue weighted by Gasteiger charge is -2.09. The van der Waals surface area contributed by atoms with Crippen molar-refractivity contribution in [3.8, 4) is 0 Å². The summed E-state index contributed by atoms with van der Waals surface area (Å²) >= 11 is 1.86. The number of hydrogen-bond donors (Lipinski definition) is 2. The Morgan fingerprint density at radius 2 is 1.68 bits per heavy atom. The van der Waals surface area contributed by atoms with Gasteiger partial charge in [0.1, 0.15) is 3.92 Å². The number of alkyl halides is 1.